The number of hydrogen-bond acceptors (Lipinski definition) is 6. The van der Waals surface area contributed by atoms with Crippen molar-refractivity contribution in [3.8, 4) is 11.5 Å². The third-order valence-corrected chi connectivity index (χ3v) is 6.84. The molecule has 0 aliphatic carbocycles. The van der Waals surface area contributed by atoms with E-state index in [2.05, 4.69) is 24.9 Å². The zero-order chi connectivity index (χ0) is 25.6. The van der Waals surface area contributed by atoms with Crippen LogP contribution in [0, 0.1) is 11.8 Å². The maximum absolute atomic E-state index is 13.0. The molecule has 1 aromatic carbocycles. The van der Waals surface area contributed by atoms with Crippen molar-refractivity contribution in [2.45, 2.75) is 91.1 Å². The molecule has 0 spiro atoms. The minimum absolute atomic E-state index is 0.0811. The number of esters is 1. The molecule has 0 saturated carbocycles. The maximum atomic E-state index is 13.0. The molecule has 6 nitrogen and oxygen atoms in total. The van der Waals surface area contributed by atoms with Crippen molar-refractivity contribution < 1.29 is 24.2 Å². The molecule has 0 fully saturated rings. The van der Waals surface area contributed by atoms with Crippen molar-refractivity contribution in [1.82, 2.24) is 0 Å². The Labute approximate surface area is 210 Å². The first-order valence-corrected chi connectivity index (χ1v) is 13.1. The lowest BCUT2D eigenvalue weighted by atomic mass is 9.81. The van der Waals surface area contributed by atoms with Crippen molar-refractivity contribution >= 4 is 18.0 Å². The lowest BCUT2D eigenvalue weighted by Gasteiger charge is -2.30. The molecule has 1 aliphatic rings. The first-order valence-electron chi connectivity index (χ1n) is 13.1. The number of carbonyl (C=O) groups is 2. The Bertz CT molecular complexity index is 876. The van der Waals surface area contributed by atoms with E-state index >= 15 is 0 Å². The molecule has 1 aliphatic heterocycles. The van der Waals surface area contributed by atoms with E-state index in [9.17, 15) is 14.7 Å². The third-order valence-electron chi connectivity index (χ3n) is 6.84. The molecule has 1 N–H and O–H groups in total. The summed E-state index contributed by atoms with van der Waals surface area (Å²) in [5, 5.41) is 9.80. The van der Waals surface area contributed by atoms with Gasteiger partial charge in [-0.3, -0.25) is 14.6 Å². The van der Waals surface area contributed by atoms with Gasteiger partial charge in [0.15, 0.2) is 11.5 Å². The van der Waals surface area contributed by atoms with Crippen LogP contribution < -0.4 is 4.74 Å². The van der Waals surface area contributed by atoms with Gasteiger partial charge in [0.1, 0.15) is 11.9 Å². The summed E-state index contributed by atoms with van der Waals surface area (Å²) in [6.07, 6.45) is 12.1. The highest BCUT2D eigenvalue weighted by atomic mass is 16.5. The number of methoxy groups -OCH3 is 1. The number of carbonyl (C=O) groups excluding carboxylic acids is 2. The number of allylic oxidation sites excluding steroid dienone is 1. The van der Waals surface area contributed by atoms with Gasteiger partial charge >= 0.3 is 5.97 Å². The molecular formula is C29H43NO5. The number of phenolic OH excluding ortho intramolecular Hbond substituents is 1. The molecule has 0 amide bonds. The summed E-state index contributed by atoms with van der Waals surface area (Å²) in [4.78, 5) is 29.3. The van der Waals surface area contributed by atoms with E-state index in [1.165, 1.54) is 19.6 Å². The quantitative estimate of drug-likeness (QED) is 0.209. The Balaban J connectivity index is 2.07. The van der Waals surface area contributed by atoms with Gasteiger partial charge in [-0.1, -0.05) is 51.7 Å². The van der Waals surface area contributed by atoms with Crippen LogP contribution in [0.25, 0.3) is 0 Å². The number of phenols is 1. The molecule has 0 aromatic heterocycles. The van der Waals surface area contributed by atoms with Crippen LogP contribution in [0.5, 0.6) is 11.5 Å². The van der Waals surface area contributed by atoms with Gasteiger partial charge in [0, 0.05) is 26.0 Å². The van der Waals surface area contributed by atoms with Gasteiger partial charge < -0.3 is 14.6 Å². The second-order valence-corrected chi connectivity index (χ2v) is 9.64. The number of rotatable bonds is 17. The van der Waals surface area contributed by atoms with E-state index in [1.807, 2.05) is 6.21 Å². The van der Waals surface area contributed by atoms with Gasteiger partial charge in [-0.2, -0.15) is 0 Å². The number of ketones is 1. The number of nitrogens with zero attached hydrogens (tertiary/aromatic N) is 1. The van der Waals surface area contributed by atoms with Crippen LogP contribution in [0.3, 0.4) is 0 Å². The molecule has 6 heteroatoms. The fourth-order valence-electron chi connectivity index (χ4n) is 4.80. The number of Topliss-reactive ketones (excluding diaryl/α,β-unsaturated/α-hetero) is 1. The predicted octanol–water partition coefficient (Wildman–Crippen LogP) is 6.24. The summed E-state index contributed by atoms with van der Waals surface area (Å²) >= 11 is 0. The second kappa shape index (κ2) is 15.4. The first-order chi connectivity index (χ1) is 16.9. The van der Waals surface area contributed by atoms with Gasteiger partial charge in [-0.15, -0.1) is 0 Å². The fourth-order valence-corrected chi connectivity index (χ4v) is 4.80. The highest BCUT2D eigenvalue weighted by molar-refractivity contribution is 5.81. The van der Waals surface area contributed by atoms with Crippen molar-refractivity contribution in [2.75, 3.05) is 13.7 Å². The summed E-state index contributed by atoms with van der Waals surface area (Å²) in [5.74, 6) is 0.865. The van der Waals surface area contributed by atoms with Crippen molar-refractivity contribution in [3.63, 3.8) is 0 Å². The van der Waals surface area contributed by atoms with Crippen LogP contribution in [0.4, 0.5) is 0 Å². The van der Waals surface area contributed by atoms with Crippen molar-refractivity contribution in [3.05, 3.63) is 35.4 Å². The summed E-state index contributed by atoms with van der Waals surface area (Å²) in [5.41, 5.74) is 2.21. The molecule has 2 rings (SSSR count). The first kappa shape index (κ1) is 28.6. The van der Waals surface area contributed by atoms with E-state index in [4.69, 9.17) is 9.47 Å². The molecule has 3 atom stereocenters. The largest absolute Gasteiger partial charge is 0.504 e. The normalized spacial score (nSPS) is 15.4. The molecule has 0 saturated heterocycles. The number of aryl methyl sites for hydroxylation is 1. The number of unbranched alkanes of at least 4 members (excludes halogenated alkanes) is 2. The van der Waals surface area contributed by atoms with Crippen molar-refractivity contribution in [2.24, 2.45) is 16.8 Å². The summed E-state index contributed by atoms with van der Waals surface area (Å²) in [7, 11) is 1.51. The fraction of sp³-hybridized carbons (Fsp3) is 0.621. The Morgan fingerprint density at radius 3 is 2.63 bits per heavy atom. The predicted molar refractivity (Wildman–Crippen MR) is 140 cm³/mol. The standard InChI is InChI=1S/C29H43NO5/c1-5-7-8-9-25(17-22(6-2)16-24-14-15-30-20-24)28(35-21(3)31)19-26(32)12-10-23-11-13-27(33)29(18-23)34-4/h11,13-14,18,20,22,25,28,33H,5-10,12,15-17,19H2,1-4H3/t22-,25-,28+/m1/s1. The lowest BCUT2D eigenvalue weighted by Crippen LogP contribution is -2.31. The average molecular weight is 486 g/mol. The molecule has 0 unspecified atom stereocenters. The highest BCUT2D eigenvalue weighted by Crippen LogP contribution is 2.32. The van der Waals surface area contributed by atoms with Crippen LogP contribution in [0.15, 0.2) is 34.8 Å². The Hall–Kier alpha value is -2.63. The number of ether oxygens (including phenoxy) is 2. The zero-order valence-corrected chi connectivity index (χ0v) is 21.9. The summed E-state index contributed by atoms with van der Waals surface area (Å²) in [6.45, 7) is 6.59. The SMILES string of the molecule is CCCCC[C@H](C[C@H](CC)CC1=CCN=C1)[C@H](CC(=O)CCc1ccc(O)c(OC)c1)OC(C)=O. The van der Waals surface area contributed by atoms with Crippen LogP contribution >= 0.6 is 0 Å². The zero-order valence-electron chi connectivity index (χ0n) is 21.9. The minimum atomic E-state index is -0.397. The molecule has 0 bridgehead atoms. The van der Waals surface area contributed by atoms with Gasteiger partial charge in [0.05, 0.1) is 13.7 Å². The lowest BCUT2D eigenvalue weighted by molar-refractivity contribution is -0.151. The minimum Gasteiger partial charge on any atom is -0.504 e. The van der Waals surface area contributed by atoms with Gasteiger partial charge in [0.25, 0.3) is 0 Å². The summed E-state index contributed by atoms with van der Waals surface area (Å²) in [6, 6.07) is 5.14. The van der Waals surface area contributed by atoms with Crippen LogP contribution in [-0.2, 0) is 20.7 Å². The number of aromatic hydroxyl groups is 1. The Kier molecular flexibility index (Phi) is 12.6. The maximum Gasteiger partial charge on any atom is 0.302 e. The molecular weight excluding hydrogens is 442 g/mol. The van der Waals surface area contributed by atoms with Crippen LogP contribution in [0.2, 0.25) is 0 Å². The highest BCUT2D eigenvalue weighted by Gasteiger charge is 2.29. The van der Waals surface area contributed by atoms with Crippen molar-refractivity contribution in [1.29, 1.82) is 0 Å². The van der Waals surface area contributed by atoms with Gasteiger partial charge in [0.2, 0.25) is 0 Å². The van der Waals surface area contributed by atoms with E-state index in [0.29, 0.717) is 24.5 Å². The van der Waals surface area contributed by atoms with E-state index in [-0.39, 0.29) is 29.8 Å². The van der Waals surface area contributed by atoms with Crippen LogP contribution in [-0.4, -0.2) is 42.8 Å². The topological polar surface area (TPSA) is 85.2 Å². The smallest absolute Gasteiger partial charge is 0.302 e. The van der Waals surface area contributed by atoms with Crippen LogP contribution in [0.1, 0.15) is 84.1 Å². The monoisotopic (exact) mass is 485 g/mol. The summed E-state index contributed by atoms with van der Waals surface area (Å²) < 4.78 is 10.9. The Morgan fingerprint density at radius 2 is 2.00 bits per heavy atom. The van der Waals surface area contributed by atoms with E-state index in [0.717, 1.165) is 57.1 Å². The number of aliphatic imine (C=N–C) groups is 1. The average Bonchev–Trinajstić information content (AvgIpc) is 3.34. The molecule has 1 heterocycles. The second-order valence-electron chi connectivity index (χ2n) is 9.64. The Morgan fingerprint density at radius 1 is 1.20 bits per heavy atom. The van der Waals surface area contributed by atoms with E-state index in [1.54, 1.807) is 18.2 Å². The number of hydrogen-bond donors (Lipinski definition) is 1. The molecule has 194 valence electrons. The molecule has 35 heavy (non-hydrogen) atoms. The number of benzene rings is 1. The molecule has 1 aromatic rings. The third kappa shape index (κ3) is 10.3. The van der Waals surface area contributed by atoms with Gasteiger partial charge in [-0.25, -0.2) is 0 Å². The molecule has 0 radical (unpaired) electrons. The van der Waals surface area contributed by atoms with E-state index < -0.39 is 6.10 Å². The van der Waals surface area contributed by atoms with Gasteiger partial charge in [-0.05, 0) is 60.8 Å².